The first-order valence-electron chi connectivity index (χ1n) is 6.72. The van der Waals surface area contributed by atoms with Gasteiger partial charge in [0.25, 0.3) is 0 Å². The van der Waals surface area contributed by atoms with E-state index in [1.165, 1.54) is 0 Å². The molecule has 2 heteroatoms. The molecule has 84 valence electrons. The Morgan fingerprint density at radius 2 is 0.667 bits per heavy atom. The van der Waals surface area contributed by atoms with Crippen LogP contribution in [0.4, 0.5) is 0 Å². The Bertz CT molecular complexity index is 619. The van der Waals surface area contributed by atoms with E-state index < -0.39 is 6.51 Å². The van der Waals surface area contributed by atoms with Crippen LogP contribution in [-0.4, -0.2) is 26.0 Å². The second-order valence-electron chi connectivity index (χ2n) is 10.9. The van der Waals surface area contributed by atoms with Gasteiger partial charge in [-0.15, -0.1) is 0 Å². The topological polar surface area (TPSA) is 3.24 Å². The van der Waals surface area contributed by atoms with Crippen LogP contribution >= 0.6 is 0 Å². The van der Waals surface area contributed by atoms with Crippen LogP contribution in [0.2, 0.25) is 48.2 Å². The van der Waals surface area contributed by atoms with Crippen LogP contribution in [0.5, 0.6) is 0 Å². The fourth-order valence-corrected chi connectivity index (χ4v) is 88.0. The van der Waals surface area contributed by atoms with Gasteiger partial charge in [0.05, 0.1) is 0 Å². The molecule has 0 atom stereocenters. The Morgan fingerprint density at radius 3 is 0.667 bits per heavy atom. The van der Waals surface area contributed by atoms with Crippen LogP contribution in [0.3, 0.4) is 0 Å². The number of rotatable bonds is 0. The van der Waals surface area contributed by atoms with E-state index in [4.69, 9.17) is 0 Å². The molecule has 0 radical (unpaired) electrons. The second kappa shape index (κ2) is 0.427. The summed E-state index contributed by atoms with van der Waals surface area (Å²) in [6.45, 7) is -2.28. The van der Waals surface area contributed by atoms with Gasteiger partial charge in [-0.05, 0) is 21.1 Å². The first-order valence-corrected chi connectivity index (χ1v) is 13.1. The Labute approximate surface area is 80.9 Å². The van der Waals surface area contributed by atoms with Gasteiger partial charge in [0.1, 0.15) is 0 Å². The molecule has 10 fully saturated rings. The van der Waals surface area contributed by atoms with Crippen molar-refractivity contribution >= 4 is 0 Å². The van der Waals surface area contributed by atoms with Crippen LogP contribution in [-0.2, 0) is 6.51 Å². The van der Waals surface area contributed by atoms with Crippen LogP contribution in [0.15, 0.2) is 0 Å². The Morgan fingerprint density at radius 1 is 0.533 bits per heavy atom. The number of fused-ring (bicyclic) bond motifs is 10. The molecule has 0 bridgehead atoms. The predicted molar refractivity (Wildman–Crippen MR) is 57.1 cm³/mol. The zero-order valence-corrected chi connectivity index (χ0v) is 10.7. The molecule has 10 aliphatic heterocycles. The molecule has 0 aromatic heterocycles. The summed E-state index contributed by atoms with van der Waals surface area (Å²) in [6, 6.07) is 0. The van der Waals surface area contributed by atoms with Gasteiger partial charge in [-0.3, -0.25) is 0 Å². The van der Waals surface area contributed by atoms with E-state index in [0.717, 1.165) is 0 Å². The van der Waals surface area contributed by atoms with Gasteiger partial charge in [-0.1, -0.05) is 0 Å². The second-order valence-corrected chi connectivity index (χ2v) is 34.9. The van der Waals surface area contributed by atoms with Crippen molar-refractivity contribution in [3.8, 4) is 0 Å². The third-order valence-corrected chi connectivity index (χ3v) is 56.5. The van der Waals surface area contributed by atoms with Gasteiger partial charge in [0, 0.05) is 0 Å². The minimum atomic E-state index is -2.28. The van der Waals surface area contributed by atoms with Gasteiger partial charge in [0.2, 0.25) is 0 Å². The molecule has 10 heterocycles. The summed E-state index contributed by atoms with van der Waals surface area (Å²) in [5.41, 5.74) is 0. The summed E-state index contributed by atoms with van der Waals surface area (Å²) in [5.74, 6) is 0. The Hall–Kier alpha value is 0.479. The molecule has 1 nitrogen and oxygen atoms in total. The molecule has 0 aromatic carbocycles. The minimum absolute atomic E-state index is 1.59. The van der Waals surface area contributed by atoms with Gasteiger partial charge in [-0.2, -0.15) is 0 Å². The summed E-state index contributed by atoms with van der Waals surface area (Å²) >= 11 is 0. The van der Waals surface area contributed by atoms with Crippen molar-refractivity contribution in [2.24, 2.45) is 0 Å². The SMILES string of the molecule is CN(C)C.[CH]12[CH]3[CH]4[CH]5[CH]1[Fe]23451678[CH]2[CH]1[CH]6[CH]7[CH]28. The molecule has 0 unspecified atom stereocenters. The van der Waals surface area contributed by atoms with E-state index in [9.17, 15) is 0 Å². The molecule has 0 aromatic rings. The molecule has 10 saturated heterocycles. The first kappa shape index (κ1) is 5.89. The van der Waals surface area contributed by atoms with Crippen LogP contribution in [0.1, 0.15) is 0 Å². The van der Waals surface area contributed by atoms with Gasteiger partial charge in [0.15, 0.2) is 0 Å². The predicted octanol–water partition coefficient (Wildman–Crippen LogP) is 3.55. The van der Waals surface area contributed by atoms with E-state index >= 15 is 0 Å². The summed E-state index contributed by atoms with van der Waals surface area (Å²) < 4.78 is 0. The normalized spacial score (nSPS) is 128. The molecule has 0 N–H and O–H groups in total. The van der Waals surface area contributed by atoms with Crippen LogP contribution < -0.4 is 0 Å². The van der Waals surface area contributed by atoms with E-state index in [1.54, 1.807) is 48.2 Å². The zero-order chi connectivity index (χ0) is 9.67. The van der Waals surface area contributed by atoms with Gasteiger partial charge < -0.3 is 4.90 Å². The van der Waals surface area contributed by atoms with E-state index in [1.807, 2.05) is 26.0 Å². The standard InChI is InChI=1S/2C5H5.C3H9N.Fe/c2*1-2-4-5-3-1;1-4(2)3;/h2*1-5H;1-3H3;. The van der Waals surface area contributed by atoms with Crippen molar-refractivity contribution < 1.29 is 6.51 Å². The van der Waals surface area contributed by atoms with Crippen LogP contribution in [0.25, 0.3) is 0 Å². The number of hydrogen-bond donors (Lipinski definition) is 0. The molecule has 0 saturated carbocycles. The number of hydrogen-bond acceptors (Lipinski definition) is 1. The molecular formula is C13H19FeN. The number of nitrogens with zero attached hydrogens (tertiary/aromatic N) is 1. The molecule has 0 aliphatic carbocycles. The Kier molecular flexibility index (Phi) is 0.168. The molecular weight excluding hydrogens is 226 g/mol. The maximum absolute atomic E-state index is 2.28. The van der Waals surface area contributed by atoms with E-state index in [-0.39, 0.29) is 0 Å². The summed E-state index contributed by atoms with van der Waals surface area (Å²) in [5, 5.41) is 0. The average Bonchev–Trinajstić information content (AvgIpc) is 3.13. The van der Waals surface area contributed by atoms with Crippen LogP contribution in [0, 0.1) is 0 Å². The molecule has 0 amide bonds. The van der Waals surface area contributed by atoms with Crippen molar-refractivity contribution in [2.75, 3.05) is 21.1 Å². The van der Waals surface area contributed by atoms with E-state index in [2.05, 4.69) is 0 Å². The third-order valence-electron chi connectivity index (χ3n) is 14.5. The first-order chi connectivity index (χ1) is 6.89. The van der Waals surface area contributed by atoms with Crippen molar-refractivity contribution in [2.45, 2.75) is 48.2 Å². The molecule has 10 aliphatic rings. The molecule has 1 spiro atoms. The molecule has 10 rings (SSSR count). The average molecular weight is 245 g/mol. The zero-order valence-electron chi connectivity index (χ0n) is 9.57. The summed E-state index contributed by atoms with van der Waals surface area (Å²) in [4.78, 5) is 17.9. The van der Waals surface area contributed by atoms with Crippen molar-refractivity contribution in [1.29, 1.82) is 0 Å². The maximum atomic E-state index is 2.00. The Balaban J connectivity index is 0.000000121. The van der Waals surface area contributed by atoms with Crippen molar-refractivity contribution in [3.05, 3.63) is 0 Å². The van der Waals surface area contributed by atoms with Gasteiger partial charge in [-0.25, -0.2) is 0 Å². The fraction of sp³-hybridized carbons (Fsp3) is 1.00. The summed E-state index contributed by atoms with van der Waals surface area (Å²) in [7, 11) is 6.00. The molecule has 15 heavy (non-hydrogen) atoms. The summed E-state index contributed by atoms with van der Waals surface area (Å²) in [6.07, 6.45) is 0. The van der Waals surface area contributed by atoms with Gasteiger partial charge >= 0.3 is 54.7 Å². The monoisotopic (exact) mass is 245 g/mol. The third kappa shape index (κ3) is 0.0561. The van der Waals surface area contributed by atoms with Crippen molar-refractivity contribution in [1.82, 2.24) is 4.90 Å². The fourth-order valence-electron chi connectivity index (χ4n) is 15.8. The van der Waals surface area contributed by atoms with E-state index in [0.29, 0.717) is 0 Å². The van der Waals surface area contributed by atoms with Crippen molar-refractivity contribution in [3.63, 3.8) is 0 Å². The quantitative estimate of drug-likeness (QED) is 0.590.